The second-order valence-electron chi connectivity index (χ2n) is 10.9. The van der Waals surface area contributed by atoms with Crippen molar-refractivity contribution in [2.75, 3.05) is 6.61 Å². The fraction of sp³-hybridized carbons (Fsp3) is 0.655. The SMILES string of the molecule is CC(C)CC(=O)Oc1ccc(C[C@H](N)C(=O)OC[C@H](C)OC(=O)C2CCCCC2)cc1OC(=O)CC(C)C. The molecule has 1 saturated carbocycles. The number of rotatable bonds is 13. The van der Waals surface area contributed by atoms with Crippen molar-refractivity contribution in [3.05, 3.63) is 23.8 Å². The van der Waals surface area contributed by atoms with Gasteiger partial charge in [0, 0.05) is 12.8 Å². The quantitative estimate of drug-likeness (QED) is 0.287. The van der Waals surface area contributed by atoms with Gasteiger partial charge in [0.15, 0.2) is 11.5 Å². The summed E-state index contributed by atoms with van der Waals surface area (Å²) in [7, 11) is 0. The van der Waals surface area contributed by atoms with Gasteiger partial charge in [-0.1, -0.05) is 53.0 Å². The Morgan fingerprint density at radius 3 is 2.03 bits per heavy atom. The van der Waals surface area contributed by atoms with Crippen molar-refractivity contribution in [1.82, 2.24) is 0 Å². The van der Waals surface area contributed by atoms with E-state index in [4.69, 9.17) is 24.7 Å². The highest BCUT2D eigenvalue weighted by Crippen LogP contribution is 2.30. The maximum atomic E-state index is 12.5. The second kappa shape index (κ2) is 15.5. The van der Waals surface area contributed by atoms with Crippen LogP contribution in [0.15, 0.2) is 18.2 Å². The van der Waals surface area contributed by atoms with Crippen molar-refractivity contribution >= 4 is 23.9 Å². The van der Waals surface area contributed by atoms with Crippen LogP contribution in [0, 0.1) is 17.8 Å². The molecule has 2 atom stereocenters. The van der Waals surface area contributed by atoms with E-state index in [0.717, 1.165) is 32.1 Å². The molecular formula is C29H43NO8. The third-order valence-corrected chi connectivity index (χ3v) is 6.08. The molecule has 1 aromatic carbocycles. The van der Waals surface area contributed by atoms with E-state index in [1.165, 1.54) is 12.1 Å². The first-order chi connectivity index (χ1) is 17.9. The summed E-state index contributed by atoms with van der Waals surface area (Å²) in [4.78, 5) is 49.3. The van der Waals surface area contributed by atoms with Gasteiger partial charge < -0.3 is 24.7 Å². The van der Waals surface area contributed by atoms with Crippen LogP contribution in [-0.4, -0.2) is 42.6 Å². The summed E-state index contributed by atoms with van der Waals surface area (Å²) in [6.07, 6.45) is 4.79. The Morgan fingerprint density at radius 1 is 0.868 bits per heavy atom. The summed E-state index contributed by atoms with van der Waals surface area (Å²) in [5, 5.41) is 0. The third kappa shape index (κ3) is 11.2. The Kier molecular flexibility index (Phi) is 12.7. The van der Waals surface area contributed by atoms with Gasteiger partial charge in [0.05, 0.1) is 5.92 Å². The molecule has 0 aromatic heterocycles. The van der Waals surface area contributed by atoms with Crippen LogP contribution in [0.25, 0.3) is 0 Å². The molecule has 0 radical (unpaired) electrons. The first kappa shape index (κ1) is 31.3. The monoisotopic (exact) mass is 533 g/mol. The number of benzene rings is 1. The fourth-order valence-electron chi connectivity index (χ4n) is 4.15. The molecule has 0 bridgehead atoms. The zero-order valence-electron chi connectivity index (χ0n) is 23.3. The molecule has 2 N–H and O–H groups in total. The number of esters is 4. The summed E-state index contributed by atoms with van der Waals surface area (Å²) < 4.78 is 21.6. The van der Waals surface area contributed by atoms with E-state index in [0.29, 0.717) is 5.56 Å². The van der Waals surface area contributed by atoms with E-state index in [1.54, 1.807) is 13.0 Å². The number of carbonyl (C=O) groups excluding carboxylic acids is 4. The molecule has 0 aliphatic heterocycles. The molecule has 1 fully saturated rings. The number of ether oxygens (including phenoxy) is 4. The molecule has 2 rings (SSSR count). The Hall–Kier alpha value is -2.94. The predicted molar refractivity (Wildman–Crippen MR) is 141 cm³/mol. The summed E-state index contributed by atoms with van der Waals surface area (Å²) in [6, 6.07) is 3.72. The van der Waals surface area contributed by atoms with Gasteiger partial charge >= 0.3 is 23.9 Å². The Labute approximate surface area is 225 Å². The van der Waals surface area contributed by atoms with Crippen molar-refractivity contribution < 1.29 is 38.1 Å². The second-order valence-corrected chi connectivity index (χ2v) is 10.9. The number of nitrogens with two attached hydrogens (primary N) is 1. The van der Waals surface area contributed by atoms with E-state index in [2.05, 4.69) is 0 Å². The average molecular weight is 534 g/mol. The lowest BCUT2D eigenvalue weighted by molar-refractivity contribution is -0.162. The zero-order chi connectivity index (χ0) is 28.2. The van der Waals surface area contributed by atoms with Gasteiger partial charge in [-0.25, -0.2) is 0 Å². The molecule has 212 valence electrons. The standard InChI is InChI=1S/C29H43NO8/c1-18(2)13-26(31)37-24-12-11-21(16-25(24)38-27(32)14-19(3)4)15-23(30)29(34)35-17-20(5)36-28(33)22-9-7-6-8-10-22/h11-12,16,18-20,22-23H,6-10,13-15,17,30H2,1-5H3/t20-,23-/m0/s1. The van der Waals surface area contributed by atoms with Crippen molar-refractivity contribution in [3.8, 4) is 11.5 Å². The van der Waals surface area contributed by atoms with Crippen LogP contribution >= 0.6 is 0 Å². The molecular weight excluding hydrogens is 490 g/mol. The summed E-state index contributed by atoms with van der Waals surface area (Å²) in [5.41, 5.74) is 6.67. The molecule has 1 aliphatic rings. The summed E-state index contributed by atoms with van der Waals surface area (Å²) >= 11 is 0. The van der Waals surface area contributed by atoms with Crippen molar-refractivity contribution in [2.24, 2.45) is 23.5 Å². The van der Waals surface area contributed by atoms with Gasteiger partial charge in [0.25, 0.3) is 0 Å². The maximum absolute atomic E-state index is 12.5. The molecule has 9 heteroatoms. The highest BCUT2D eigenvalue weighted by molar-refractivity contribution is 5.77. The summed E-state index contributed by atoms with van der Waals surface area (Å²) in [5.74, 6) is -1.45. The van der Waals surface area contributed by atoms with Crippen LogP contribution in [-0.2, 0) is 35.1 Å². The number of carbonyl (C=O) groups is 4. The van der Waals surface area contributed by atoms with Crippen molar-refractivity contribution in [2.45, 2.75) is 98.1 Å². The third-order valence-electron chi connectivity index (χ3n) is 6.08. The lowest BCUT2D eigenvalue weighted by Gasteiger charge is -2.22. The fourth-order valence-corrected chi connectivity index (χ4v) is 4.15. The molecule has 0 unspecified atom stereocenters. The molecule has 38 heavy (non-hydrogen) atoms. The van der Waals surface area contributed by atoms with Gasteiger partial charge in [0.1, 0.15) is 18.8 Å². The van der Waals surface area contributed by atoms with Crippen LogP contribution in [0.2, 0.25) is 0 Å². The van der Waals surface area contributed by atoms with Crippen LogP contribution in [0.3, 0.4) is 0 Å². The Balaban J connectivity index is 1.97. The minimum Gasteiger partial charge on any atom is -0.461 e. The smallest absolute Gasteiger partial charge is 0.323 e. The topological polar surface area (TPSA) is 131 Å². The Bertz CT molecular complexity index is 952. The van der Waals surface area contributed by atoms with Crippen LogP contribution < -0.4 is 15.2 Å². The molecule has 9 nitrogen and oxygen atoms in total. The van der Waals surface area contributed by atoms with Gasteiger partial charge in [-0.2, -0.15) is 0 Å². The minimum absolute atomic E-state index is 0.0828. The normalized spacial score (nSPS) is 15.6. The van der Waals surface area contributed by atoms with E-state index >= 15 is 0 Å². The van der Waals surface area contributed by atoms with Crippen molar-refractivity contribution in [3.63, 3.8) is 0 Å². The molecule has 0 saturated heterocycles. The van der Waals surface area contributed by atoms with Gasteiger partial charge in [-0.05, 0) is 55.7 Å². The van der Waals surface area contributed by atoms with Crippen molar-refractivity contribution in [1.29, 1.82) is 0 Å². The molecule has 1 aliphatic carbocycles. The minimum atomic E-state index is -0.996. The van der Waals surface area contributed by atoms with Gasteiger partial charge in [-0.15, -0.1) is 0 Å². The Morgan fingerprint density at radius 2 is 1.45 bits per heavy atom. The number of hydrogen-bond acceptors (Lipinski definition) is 9. The van der Waals surface area contributed by atoms with E-state index in [9.17, 15) is 19.2 Å². The zero-order valence-corrected chi connectivity index (χ0v) is 23.3. The molecule has 0 heterocycles. The first-order valence-corrected chi connectivity index (χ1v) is 13.6. The van der Waals surface area contributed by atoms with Crippen LogP contribution in [0.4, 0.5) is 0 Å². The highest BCUT2D eigenvalue weighted by Gasteiger charge is 2.25. The van der Waals surface area contributed by atoms with Gasteiger partial charge in [0.2, 0.25) is 0 Å². The number of hydrogen-bond donors (Lipinski definition) is 1. The molecule has 0 spiro atoms. The van der Waals surface area contributed by atoms with Gasteiger partial charge in [-0.3, -0.25) is 19.2 Å². The van der Waals surface area contributed by atoms with Crippen LogP contribution in [0.1, 0.15) is 85.1 Å². The predicted octanol–water partition coefficient (Wildman–Crippen LogP) is 4.51. The molecule has 1 aromatic rings. The largest absolute Gasteiger partial charge is 0.461 e. The van der Waals surface area contributed by atoms with Crippen LogP contribution in [0.5, 0.6) is 11.5 Å². The summed E-state index contributed by atoms with van der Waals surface area (Å²) in [6.45, 7) is 9.17. The molecule has 0 amide bonds. The average Bonchev–Trinajstić information content (AvgIpc) is 2.83. The van der Waals surface area contributed by atoms with E-state index in [1.807, 2.05) is 27.7 Å². The lowest BCUT2D eigenvalue weighted by atomic mass is 9.89. The van der Waals surface area contributed by atoms with E-state index < -0.39 is 30.1 Å². The maximum Gasteiger partial charge on any atom is 0.323 e. The lowest BCUT2D eigenvalue weighted by Crippen LogP contribution is -2.36. The first-order valence-electron chi connectivity index (χ1n) is 13.6. The van der Waals surface area contributed by atoms with E-state index in [-0.39, 0.29) is 61.1 Å². The highest BCUT2D eigenvalue weighted by atomic mass is 16.6.